The van der Waals surface area contributed by atoms with Crippen LogP contribution in [0, 0.1) is 4.77 Å². The van der Waals surface area contributed by atoms with E-state index in [0.717, 1.165) is 0 Å². The van der Waals surface area contributed by atoms with Crippen molar-refractivity contribution < 1.29 is 4.79 Å². The molecule has 0 radical (unpaired) electrons. The fraction of sp³-hybridized carbons (Fsp3) is 0.500. The Morgan fingerprint density at radius 1 is 1.69 bits per heavy atom. The van der Waals surface area contributed by atoms with Gasteiger partial charge in [-0.25, -0.2) is 4.79 Å². The van der Waals surface area contributed by atoms with Gasteiger partial charge in [0.15, 0.2) is 5.23 Å². The molecule has 0 aliphatic carbocycles. The van der Waals surface area contributed by atoms with Crippen LogP contribution in [0.5, 0.6) is 0 Å². The summed E-state index contributed by atoms with van der Waals surface area (Å²) in [5, 5.41) is 4.66. The molecule has 72 valence electrons. The van der Waals surface area contributed by atoms with Gasteiger partial charge >= 0.3 is 0 Å². The third kappa shape index (κ3) is 2.51. The number of nitrogens with zero attached hydrogens (tertiary/aromatic N) is 3. The maximum Gasteiger partial charge on any atom is 0.253 e. The molecule has 1 N–H and O–H groups in total. The third-order valence-electron chi connectivity index (χ3n) is 1.28. The smallest absolute Gasteiger partial charge is 0.253 e. The van der Waals surface area contributed by atoms with Gasteiger partial charge in [-0.2, -0.15) is 9.35 Å². The van der Waals surface area contributed by atoms with E-state index in [-0.39, 0.29) is 0 Å². The molecule has 0 bridgehead atoms. The summed E-state index contributed by atoms with van der Waals surface area (Å²) in [7, 11) is 0.0262. The minimum absolute atomic E-state index is 0.363. The number of rotatable bonds is 1. The van der Waals surface area contributed by atoms with Crippen LogP contribution in [0.2, 0.25) is 0 Å². The average molecular weight is 218 g/mol. The lowest BCUT2D eigenvalue weighted by Crippen LogP contribution is -1.95. The molecule has 0 aromatic carbocycles. The highest BCUT2D eigenvalue weighted by molar-refractivity contribution is 8.01. The van der Waals surface area contributed by atoms with Crippen LogP contribution in [0.25, 0.3) is 0 Å². The van der Waals surface area contributed by atoms with Crippen molar-refractivity contribution in [1.29, 1.82) is 0 Å². The van der Waals surface area contributed by atoms with E-state index in [9.17, 15) is 4.79 Å². The first-order valence-electron chi connectivity index (χ1n) is 3.43. The van der Waals surface area contributed by atoms with E-state index < -0.39 is 9.41 Å². The Hall–Kier alpha value is -0.910. The van der Waals surface area contributed by atoms with Gasteiger partial charge in [-0.1, -0.05) is 9.41 Å². The van der Waals surface area contributed by atoms with Gasteiger partial charge in [-0.15, -0.1) is 0 Å². The Balaban J connectivity index is 3.44. The zero-order valence-electron chi connectivity index (χ0n) is 7.57. The molecule has 0 amide bonds. The van der Waals surface area contributed by atoms with E-state index in [4.69, 9.17) is 12.2 Å². The minimum Gasteiger partial charge on any atom is -0.270 e. The van der Waals surface area contributed by atoms with E-state index >= 15 is 0 Å². The second kappa shape index (κ2) is 3.45. The fourth-order valence-corrected chi connectivity index (χ4v) is 1.52. The van der Waals surface area contributed by atoms with Crippen LogP contribution in [0.4, 0.5) is 5.95 Å². The zero-order valence-corrected chi connectivity index (χ0v) is 9.20. The predicted octanol–water partition coefficient (Wildman–Crippen LogP) is 0.774. The monoisotopic (exact) mass is 218 g/mol. The van der Waals surface area contributed by atoms with Crippen molar-refractivity contribution in [3.8, 4) is 0 Å². The molecule has 7 heteroatoms. The van der Waals surface area contributed by atoms with Gasteiger partial charge in [0.2, 0.25) is 4.77 Å². The highest BCUT2D eigenvalue weighted by Crippen LogP contribution is 2.07. The van der Waals surface area contributed by atoms with Crippen LogP contribution in [0.15, 0.2) is 4.36 Å². The summed E-state index contributed by atoms with van der Waals surface area (Å²) >= 11 is 4.81. The van der Waals surface area contributed by atoms with Crippen LogP contribution in [0.1, 0.15) is 0 Å². The predicted molar refractivity (Wildman–Crippen MR) is 55.4 cm³/mol. The van der Waals surface area contributed by atoms with Gasteiger partial charge in [0.25, 0.3) is 5.95 Å². The van der Waals surface area contributed by atoms with Crippen molar-refractivity contribution in [2.24, 2.45) is 11.4 Å². The van der Waals surface area contributed by atoms with Gasteiger partial charge in [-0.3, -0.25) is 9.78 Å². The molecule has 0 atom stereocenters. The molecular formula is C6H10N4OS2. The number of aryl methyl sites for hydroxylation is 1. The molecule has 1 heterocycles. The third-order valence-corrected chi connectivity index (χ3v) is 2.49. The number of carbonyl (C=O) groups excluding carboxylic acids is 1. The van der Waals surface area contributed by atoms with Crippen molar-refractivity contribution in [3.05, 3.63) is 4.77 Å². The number of aromatic amines is 1. The Kier molecular flexibility index (Phi) is 2.70. The summed E-state index contributed by atoms with van der Waals surface area (Å²) < 4.78 is 6.08. The standard InChI is InChI=1S/C6H10N4OS2/c1-10-5(7-6(12)8-10)9-13(2,3)4-11/h1-3H3,(H,8,12). The molecule has 13 heavy (non-hydrogen) atoms. The summed E-state index contributed by atoms with van der Waals surface area (Å²) in [5.74, 6) is 0.438. The van der Waals surface area contributed by atoms with Crippen LogP contribution >= 0.6 is 12.2 Å². The van der Waals surface area contributed by atoms with Crippen LogP contribution in [-0.2, 0) is 21.3 Å². The molecule has 1 rings (SSSR count). The Bertz CT molecular complexity index is 503. The fourth-order valence-electron chi connectivity index (χ4n) is 0.689. The quantitative estimate of drug-likeness (QED) is 0.708. The molecule has 5 nitrogen and oxygen atoms in total. The molecule has 0 aliphatic rings. The van der Waals surface area contributed by atoms with E-state index in [2.05, 4.69) is 14.4 Å². The van der Waals surface area contributed by atoms with Crippen LogP contribution in [-0.4, -0.2) is 32.5 Å². The second-order valence-corrected chi connectivity index (χ2v) is 6.12. The lowest BCUT2D eigenvalue weighted by molar-refractivity contribution is 0.571. The normalized spacial score (nSPS) is 11.0. The van der Waals surface area contributed by atoms with E-state index in [0.29, 0.717) is 10.7 Å². The molecule has 0 spiro atoms. The molecule has 1 aromatic rings. The summed E-state index contributed by atoms with van der Waals surface area (Å²) in [6.07, 6.45) is 3.47. The Labute approximate surface area is 81.4 Å². The summed E-state index contributed by atoms with van der Waals surface area (Å²) in [6, 6.07) is 0. The number of nitrogens with one attached hydrogen (secondary N) is 1. The molecule has 1 aromatic heterocycles. The number of aromatic nitrogens is 3. The first-order valence-corrected chi connectivity index (χ1v) is 6.24. The maximum absolute atomic E-state index is 10.5. The number of hydrogen-bond acceptors (Lipinski definition) is 4. The highest BCUT2D eigenvalue weighted by atomic mass is 32.2. The van der Waals surface area contributed by atoms with Crippen molar-refractivity contribution in [2.75, 3.05) is 12.5 Å². The zero-order chi connectivity index (χ0) is 10.1. The molecular weight excluding hydrogens is 208 g/mol. The molecule has 0 saturated carbocycles. The van der Waals surface area contributed by atoms with Crippen molar-refractivity contribution in [2.45, 2.75) is 0 Å². The molecule has 0 aliphatic heterocycles. The number of H-pyrrole nitrogens is 1. The highest BCUT2D eigenvalue weighted by Gasteiger charge is 1.99. The van der Waals surface area contributed by atoms with E-state index in [1.54, 1.807) is 24.2 Å². The number of hydrogen-bond donors (Lipinski definition) is 1. The Morgan fingerprint density at radius 3 is 2.69 bits per heavy atom. The summed E-state index contributed by atoms with van der Waals surface area (Å²) in [4.78, 5) is 14.4. The van der Waals surface area contributed by atoms with Crippen molar-refractivity contribution in [1.82, 2.24) is 14.8 Å². The lowest BCUT2D eigenvalue weighted by Gasteiger charge is -1.96. The lowest BCUT2D eigenvalue weighted by atomic mass is 11.0. The Morgan fingerprint density at radius 2 is 2.31 bits per heavy atom. The van der Waals surface area contributed by atoms with Gasteiger partial charge in [0, 0.05) is 7.05 Å². The van der Waals surface area contributed by atoms with Gasteiger partial charge in [0.05, 0.1) is 0 Å². The average Bonchev–Trinajstić information content (AvgIpc) is 2.30. The largest absolute Gasteiger partial charge is 0.270 e. The molecule has 0 unspecified atom stereocenters. The SMILES string of the molecule is Cn1[nH]c(=S)nc1N=S(C)(C)=C=O. The summed E-state index contributed by atoms with van der Waals surface area (Å²) in [5.41, 5.74) is 0. The molecule has 0 fully saturated rings. The van der Waals surface area contributed by atoms with Gasteiger partial charge in [0.1, 0.15) is 0 Å². The van der Waals surface area contributed by atoms with E-state index in [1.807, 2.05) is 5.23 Å². The van der Waals surface area contributed by atoms with Crippen LogP contribution in [0.3, 0.4) is 0 Å². The summed E-state index contributed by atoms with van der Waals surface area (Å²) in [6.45, 7) is 0. The van der Waals surface area contributed by atoms with Crippen molar-refractivity contribution in [3.63, 3.8) is 0 Å². The maximum atomic E-state index is 10.5. The topological polar surface area (TPSA) is 63.0 Å². The van der Waals surface area contributed by atoms with Gasteiger partial charge < -0.3 is 0 Å². The van der Waals surface area contributed by atoms with Crippen LogP contribution < -0.4 is 0 Å². The van der Waals surface area contributed by atoms with Crippen molar-refractivity contribution >= 4 is 32.8 Å². The second-order valence-electron chi connectivity index (χ2n) is 2.84. The minimum atomic E-state index is -1.71. The first kappa shape index (κ1) is 10.2. The van der Waals surface area contributed by atoms with Gasteiger partial charge in [-0.05, 0) is 24.7 Å². The first-order chi connectivity index (χ1) is 5.94. The van der Waals surface area contributed by atoms with E-state index in [1.165, 1.54) is 0 Å². The molecule has 0 saturated heterocycles.